The fourth-order valence-electron chi connectivity index (χ4n) is 2.30. The molecule has 0 spiro atoms. The van der Waals surface area contributed by atoms with Crippen LogP contribution in [-0.2, 0) is 4.79 Å². The number of Topliss-reactive ketones (excluding diaryl/α,β-unsaturated/α-hetero) is 1. The first kappa shape index (κ1) is 11.1. The molecule has 0 saturated carbocycles. The Morgan fingerprint density at radius 1 is 1.56 bits per heavy atom. The van der Waals surface area contributed by atoms with Gasteiger partial charge in [-0.05, 0) is 31.9 Å². The molecule has 2 heterocycles. The molecular formula is C13H18N2O. The summed E-state index contributed by atoms with van der Waals surface area (Å²) < 4.78 is 0. The molecule has 0 aliphatic carbocycles. The van der Waals surface area contributed by atoms with Gasteiger partial charge in [0.2, 0.25) is 0 Å². The minimum atomic E-state index is 0.0549. The van der Waals surface area contributed by atoms with Crippen molar-refractivity contribution in [1.29, 1.82) is 0 Å². The molecule has 0 amide bonds. The van der Waals surface area contributed by atoms with Crippen molar-refractivity contribution in [2.45, 2.75) is 39.2 Å². The van der Waals surface area contributed by atoms with Crippen LogP contribution in [0.5, 0.6) is 0 Å². The van der Waals surface area contributed by atoms with Gasteiger partial charge < -0.3 is 4.90 Å². The summed E-state index contributed by atoms with van der Waals surface area (Å²) in [6.45, 7) is 4.87. The maximum atomic E-state index is 11.8. The van der Waals surface area contributed by atoms with Gasteiger partial charge in [0.05, 0.1) is 6.04 Å². The molecule has 3 nitrogen and oxygen atoms in total. The fraction of sp³-hybridized carbons (Fsp3) is 0.538. The van der Waals surface area contributed by atoms with Crippen LogP contribution in [0.4, 0.5) is 5.82 Å². The monoisotopic (exact) mass is 218 g/mol. The second-order valence-corrected chi connectivity index (χ2v) is 4.31. The Bertz CT molecular complexity index is 389. The highest BCUT2D eigenvalue weighted by Crippen LogP contribution is 2.25. The van der Waals surface area contributed by atoms with Crippen molar-refractivity contribution < 1.29 is 4.79 Å². The van der Waals surface area contributed by atoms with E-state index in [4.69, 9.17) is 0 Å². The van der Waals surface area contributed by atoms with Gasteiger partial charge in [0, 0.05) is 18.7 Å². The lowest BCUT2D eigenvalue weighted by Crippen LogP contribution is -2.36. The molecule has 1 fully saturated rings. The molecule has 0 N–H and O–H groups in total. The number of rotatable bonds is 3. The second kappa shape index (κ2) is 4.64. The van der Waals surface area contributed by atoms with E-state index in [1.807, 2.05) is 32.0 Å². The zero-order valence-corrected chi connectivity index (χ0v) is 9.94. The first-order valence-corrected chi connectivity index (χ1v) is 5.95. The largest absolute Gasteiger partial charge is 0.347 e. The smallest absolute Gasteiger partial charge is 0.155 e. The zero-order valence-electron chi connectivity index (χ0n) is 9.94. The number of carbonyl (C=O) groups is 1. The van der Waals surface area contributed by atoms with Gasteiger partial charge in [0.15, 0.2) is 5.78 Å². The van der Waals surface area contributed by atoms with Crippen molar-refractivity contribution in [2.24, 2.45) is 0 Å². The van der Waals surface area contributed by atoms with E-state index in [-0.39, 0.29) is 6.04 Å². The molecule has 0 bridgehead atoms. The summed E-state index contributed by atoms with van der Waals surface area (Å²) in [6.07, 6.45) is 2.68. The highest BCUT2D eigenvalue weighted by atomic mass is 16.1. The maximum absolute atomic E-state index is 11.8. The molecule has 1 aliphatic rings. The minimum absolute atomic E-state index is 0.0549. The lowest BCUT2D eigenvalue weighted by molar-refractivity contribution is -0.119. The van der Waals surface area contributed by atoms with Crippen LogP contribution >= 0.6 is 0 Å². The molecular weight excluding hydrogens is 200 g/mol. The number of aromatic nitrogens is 1. The summed E-state index contributed by atoms with van der Waals surface area (Å²) in [5.41, 5.74) is 1.01. The standard InChI is InChI=1S/C13H18N2O/c1-3-12(16)11-7-5-9-15(11)13-8-4-6-10(2)14-13/h4,6,8,11H,3,5,7,9H2,1-2H3. The molecule has 0 aromatic carbocycles. The Morgan fingerprint density at radius 3 is 3.06 bits per heavy atom. The third kappa shape index (κ3) is 2.08. The molecule has 1 saturated heterocycles. The molecule has 3 heteroatoms. The van der Waals surface area contributed by atoms with Crippen LogP contribution in [0.15, 0.2) is 18.2 Å². The van der Waals surface area contributed by atoms with E-state index >= 15 is 0 Å². The topological polar surface area (TPSA) is 33.2 Å². The van der Waals surface area contributed by atoms with Gasteiger partial charge in [0.25, 0.3) is 0 Å². The van der Waals surface area contributed by atoms with Gasteiger partial charge in [-0.15, -0.1) is 0 Å². The van der Waals surface area contributed by atoms with Crippen LogP contribution in [0.25, 0.3) is 0 Å². The number of ketones is 1. The average molecular weight is 218 g/mol. The summed E-state index contributed by atoms with van der Waals surface area (Å²) in [5, 5.41) is 0. The number of hydrogen-bond donors (Lipinski definition) is 0. The van der Waals surface area contributed by atoms with Crippen molar-refractivity contribution >= 4 is 11.6 Å². The lowest BCUT2D eigenvalue weighted by atomic mass is 10.1. The third-order valence-electron chi connectivity index (χ3n) is 3.14. The van der Waals surface area contributed by atoms with Crippen LogP contribution in [-0.4, -0.2) is 23.4 Å². The molecule has 1 aliphatic heterocycles. The highest BCUT2D eigenvalue weighted by Gasteiger charge is 2.30. The quantitative estimate of drug-likeness (QED) is 0.780. The van der Waals surface area contributed by atoms with Gasteiger partial charge in [-0.25, -0.2) is 4.98 Å². The Labute approximate surface area is 96.5 Å². The molecule has 16 heavy (non-hydrogen) atoms. The lowest BCUT2D eigenvalue weighted by Gasteiger charge is -2.24. The summed E-state index contributed by atoms with van der Waals surface area (Å²) >= 11 is 0. The summed E-state index contributed by atoms with van der Waals surface area (Å²) in [4.78, 5) is 18.5. The molecule has 1 unspecified atom stereocenters. The summed E-state index contributed by atoms with van der Waals surface area (Å²) in [5.74, 6) is 1.28. The number of pyridine rings is 1. The van der Waals surface area contributed by atoms with E-state index in [9.17, 15) is 4.79 Å². The second-order valence-electron chi connectivity index (χ2n) is 4.31. The van der Waals surface area contributed by atoms with Crippen LogP contribution in [0, 0.1) is 6.92 Å². The molecule has 86 valence electrons. The predicted octanol–water partition coefficient (Wildman–Crippen LogP) is 2.34. The van der Waals surface area contributed by atoms with E-state index in [1.165, 1.54) is 0 Å². The number of hydrogen-bond acceptors (Lipinski definition) is 3. The molecule has 0 radical (unpaired) electrons. The van der Waals surface area contributed by atoms with Gasteiger partial charge >= 0.3 is 0 Å². The zero-order chi connectivity index (χ0) is 11.5. The Hall–Kier alpha value is -1.38. The van der Waals surface area contributed by atoms with Crippen molar-refractivity contribution in [3.05, 3.63) is 23.9 Å². The molecule has 1 atom stereocenters. The Balaban J connectivity index is 2.23. The summed E-state index contributed by atoms with van der Waals surface area (Å²) in [7, 11) is 0. The molecule has 1 aromatic heterocycles. The van der Waals surface area contributed by atoms with Crippen LogP contribution in [0.2, 0.25) is 0 Å². The Kier molecular flexibility index (Phi) is 3.22. The van der Waals surface area contributed by atoms with Gasteiger partial charge in [0.1, 0.15) is 5.82 Å². The van der Waals surface area contributed by atoms with Crippen molar-refractivity contribution in [3.63, 3.8) is 0 Å². The van der Waals surface area contributed by atoms with Crippen molar-refractivity contribution in [1.82, 2.24) is 4.98 Å². The van der Waals surface area contributed by atoms with Crippen LogP contribution in [0.1, 0.15) is 31.9 Å². The van der Waals surface area contributed by atoms with Crippen molar-refractivity contribution in [3.8, 4) is 0 Å². The van der Waals surface area contributed by atoms with Crippen molar-refractivity contribution in [2.75, 3.05) is 11.4 Å². The fourth-order valence-corrected chi connectivity index (χ4v) is 2.30. The molecule has 2 rings (SSSR count). The third-order valence-corrected chi connectivity index (χ3v) is 3.14. The Morgan fingerprint density at radius 2 is 2.38 bits per heavy atom. The first-order chi connectivity index (χ1) is 7.72. The highest BCUT2D eigenvalue weighted by molar-refractivity contribution is 5.87. The minimum Gasteiger partial charge on any atom is -0.347 e. The van der Waals surface area contributed by atoms with Crippen LogP contribution in [0.3, 0.4) is 0 Å². The summed E-state index contributed by atoms with van der Waals surface area (Å²) in [6, 6.07) is 6.04. The number of aryl methyl sites for hydroxylation is 1. The number of nitrogens with zero attached hydrogens (tertiary/aromatic N) is 2. The van der Waals surface area contributed by atoms with Crippen LogP contribution < -0.4 is 4.90 Å². The number of anilines is 1. The van der Waals surface area contributed by atoms with E-state index in [1.54, 1.807) is 0 Å². The van der Waals surface area contributed by atoms with Gasteiger partial charge in [-0.2, -0.15) is 0 Å². The predicted molar refractivity (Wildman–Crippen MR) is 64.6 cm³/mol. The normalized spacial score (nSPS) is 20.1. The average Bonchev–Trinajstić information content (AvgIpc) is 2.77. The maximum Gasteiger partial charge on any atom is 0.155 e. The first-order valence-electron chi connectivity index (χ1n) is 5.95. The van der Waals surface area contributed by atoms with E-state index in [0.717, 1.165) is 30.9 Å². The van der Waals surface area contributed by atoms with Gasteiger partial charge in [-0.1, -0.05) is 13.0 Å². The SMILES string of the molecule is CCC(=O)C1CCCN1c1cccc(C)n1. The molecule has 1 aromatic rings. The van der Waals surface area contributed by atoms with E-state index < -0.39 is 0 Å². The van der Waals surface area contributed by atoms with E-state index in [0.29, 0.717) is 12.2 Å². The van der Waals surface area contributed by atoms with E-state index in [2.05, 4.69) is 9.88 Å². The number of carbonyl (C=O) groups excluding carboxylic acids is 1. The van der Waals surface area contributed by atoms with Gasteiger partial charge in [-0.3, -0.25) is 4.79 Å².